The normalized spacial score (nSPS) is 18.7. The van der Waals surface area contributed by atoms with Crippen molar-refractivity contribution >= 4 is 5.82 Å². The molecule has 5 heteroatoms. The van der Waals surface area contributed by atoms with E-state index in [1.807, 2.05) is 6.07 Å². The van der Waals surface area contributed by atoms with Crippen LogP contribution in [0.3, 0.4) is 0 Å². The van der Waals surface area contributed by atoms with E-state index in [4.69, 9.17) is 4.74 Å². The zero-order valence-corrected chi connectivity index (χ0v) is 11.8. The Hall–Kier alpha value is -2.01. The zero-order valence-electron chi connectivity index (χ0n) is 11.8. The SMILES string of the molecule is Fc1ccccc1CO[C@H]1CCCN(c2cnccn2)C1. The highest BCUT2D eigenvalue weighted by molar-refractivity contribution is 5.35. The van der Waals surface area contributed by atoms with Crippen LogP contribution < -0.4 is 4.90 Å². The minimum atomic E-state index is -0.209. The molecule has 0 amide bonds. The molecule has 2 heterocycles. The van der Waals surface area contributed by atoms with Crippen molar-refractivity contribution in [1.82, 2.24) is 9.97 Å². The van der Waals surface area contributed by atoms with Crippen molar-refractivity contribution in [3.8, 4) is 0 Å². The Morgan fingerprint density at radius 2 is 2.19 bits per heavy atom. The van der Waals surface area contributed by atoms with E-state index in [0.717, 1.165) is 31.7 Å². The summed E-state index contributed by atoms with van der Waals surface area (Å²) in [6.07, 6.45) is 7.25. The number of ether oxygens (including phenoxy) is 1. The lowest BCUT2D eigenvalue weighted by Gasteiger charge is -2.33. The van der Waals surface area contributed by atoms with Gasteiger partial charge >= 0.3 is 0 Å². The minimum Gasteiger partial charge on any atom is -0.372 e. The molecule has 3 rings (SSSR count). The summed E-state index contributed by atoms with van der Waals surface area (Å²) in [5, 5.41) is 0. The lowest BCUT2D eigenvalue weighted by molar-refractivity contribution is 0.0300. The fraction of sp³-hybridized carbons (Fsp3) is 0.375. The fourth-order valence-corrected chi connectivity index (χ4v) is 2.56. The van der Waals surface area contributed by atoms with Gasteiger partial charge in [-0.3, -0.25) is 4.98 Å². The lowest BCUT2D eigenvalue weighted by atomic mass is 10.1. The van der Waals surface area contributed by atoms with E-state index in [2.05, 4.69) is 14.9 Å². The first-order chi connectivity index (χ1) is 10.3. The Bertz CT molecular complexity index is 579. The number of hydrogen-bond donors (Lipinski definition) is 0. The smallest absolute Gasteiger partial charge is 0.147 e. The largest absolute Gasteiger partial charge is 0.372 e. The molecule has 1 fully saturated rings. The van der Waals surface area contributed by atoms with Crippen LogP contribution in [0.25, 0.3) is 0 Å². The Morgan fingerprint density at radius 3 is 3.00 bits per heavy atom. The quantitative estimate of drug-likeness (QED) is 0.866. The highest BCUT2D eigenvalue weighted by atomic mass is 19.1. The molecule has 1 aliphatic heterocycles. The van der Waals surface area contributed by atoms with Crippen LogP contribution >= 0.6 is 0 Å². The Labute approximate surface area is 123 Å². The van der Waals surface area contributed by atoms with Crippen molar-refractivity contribution in [3.63, 3.8) is 0 Å². The number of rotatable bonds is 4. The van der Waals surface area contributed by atoms with Crippen molar-refractivity contribution in [1.29, 1.82) is 0 Å². The molecule has 0 N–H and O–H groups in total. The van der Waals surface area contributed by atoms with Gasteiger partial charge in [0.05, 0.1) is 18.9 Å². The maximum atomic E-state index is 13.6. The van der Waals surface area contributed by atoms with Crippen LogP contribution in [0.2, 0.25) is 0 Å². The third kappa shape index (κ3) is 3.55. The van der Waals surface area contributed by atoms with Crippen molar-refractivity contribution in [3.05, 3.63) is 54.2 Å². The van der Waals surface area contributed by atoms with Gasteiger partial charge in [-0.05, 0) is 18.9 Å². The van der Waals surface area contributed by atoms with Crippen LogP contribution in [0, 0.1) is 5.82 Å². The van der Waals surface area contributed by atoms with Crippen LogP contribution in [-0.2, 0) is 11.3 Å². The van der Waals surface area contributed by atoms with E-state index in [0.29, 0.717) is 12.2 Å². The molecule has 1 aliphatic rings. The van der Waals surface area contributed by atoms with E-state index in [1.54, 1.807) is 30.7 Å². The molecule has 0 unspecified atom stereocenters. The molecular weight excluding hydrogens is 269 g/mol. The second kappa shape index (κ2) is 6.63. The van der Waals surface area contributed by atoms with Gasteiger partial charge in [-0.1, -0.05) is 18.2 Å². The number of benzene rings is 1. The maximum Gasteiger partial charge on any atom is 0.147 e. The summed E-state index contributed by atoms with van der Waals surface area (Å²) in [4.78, 5) is 10.6. The van der Waals surface area contributed by atoms with Gasteiger partial charge in [-0.25, -0.2) is 9.37 Å². The number of aromatic nitrogens is 2. The number of hydrogen-bond acceptors (Lipinski definition) is 4. The van der Waals surface area contributed by atoms with Crippen molar-refractivity contribution in [2.75, 3.05) is 18.0 Å². The van der Waals surface area contributed by atoms with Gasteiger partial charge < -0.3 is 9.64 Å². The molecule has 1 atom stereocenters. The molecule has 1 aromatic carbocycles. The topological polar surface area (TPSA) is 38.2 Å². The van der Waals surface area contributed by atoms with Crippen molar-refractivity contribution in [2.45, 2.75) is 25.6 Å². The van der Waals surface area contributed by atoms with E-state index in [9.17, 15) is 4.39 Å². The molecule has 4 nitrogen and oxygen atoms in total. The summed E-state index contributed by atoms with van der Waals surface area (Å²) in [5.41, 5.74) is 0.606. The molecule has 0 spiro atoms. The number of nitrogens with zero attached hydrogens (tertiary/aromatic N) is 3. The molecule has 0 aliphatic carbocycles. The van der Waals surface area contributed by atoms with E-state index < -0.39 is 0 Å². The summed E-state index contributed by atoms with van der Waals surface area (Å²) in [5.74, 6) is 0.663. The molecule has 1 aromatic heterocycles. The first kappa shape index (κ1) is 13.9. The summed E-state index contributed by atoms with van der Waals surface area (Å²) >= 11 is 0. The third-order valence-electron chi connectivity index (χ3n) is 3.68. The van der Waals surface area contributed by atoms with Gasteiger partial charge in [-0.2, -0.15) is 0 Å². The molecule has 110 valence electrons. The second-order valence-corrected chi connectivity index (χ2v) is 5.18. The van der Waals surface area contributed by atoms with E-state index in [1.165, 1.54) is 6.07 Å². The molecular formula is C16H18FN3O. The molecule has 0 bridgehead atoms. The lowest BCUT2D eigenvalue weighted by Crippen LogP contribution is -2.40. The Balaban J connectivity index is 1.58. The average Bonchev–Trinajstić information content (AvgIpc) is 2.55. The van der Waals surface area contributed by atoms with Crippen molar-refractivity contribution < 1.29 is 9.13 Å². The highest BCUT2D eigenvalue weighted by Crippen LogP contribution is 2.20. The second-order valence-electron chi connectivity index (χ2n) is 5.18. The van der Waals surface area contributed by atoms with Gasteiger partial charge in [0.2, 0.25) is 0 Å². The number of piperidine rings is 1. The van der Waals surface area contributed by atoms with Crippen LogP contribution in [0.5, 0.6) is 0 Å². The van der Waals surface area contributed by atoms with Gasteiger partial charge in [0.25, 0.3) is 0 Å². The molecule has 0 saturated carbocycles. The predicted octanol–water partition coefficient (Wildman–Crippen LogP) is 2.80. The van der Waals surface area contributed by atoms with Crippen molar-refractivity contribution in [2.24, 2.45) is 0 Å². The zero-order chi connectivity index (χ0) is 14.5. The van der Waals surface area contributed by atoms with Crippen LogP contribution in [0.15, 0.2) is 42.9 Å². The molecule has 0 radical (unpaired) electrons. The Kier molecular flexibility index (Phi) is 4.40. The first-order valence-electron chi connectivity index (χ1n) is 7.19. The third-order valence-corrected chi connectivity index (χ3v) is 3.68. The first-order valence-corrected chi connectivity index (χ1v) is 7.19. The van der Waals surface area contributed by atoms with Gasteiger partial charge in [0.1, 0.15) is 11.6 Å². The predicted molar refractivity (Wildman–Crippen MR) is 78.5 cm³/mol. The molecule has 21 heavy (non-hydrogen) atoms. The van der Waals surface area contributed by atoms with Gasteiger partial charge in [0, 0.05) is 31.0 Å². The van der Waals surface area contributed by atoms with Gasteiger partial charge in [0.15, 0.2) is 0 Å². The summed E-state index contributed by atoms with van der Waals surface area (Å²) in [6, 6.07) is 6.74. The highest BCUT2D eigenvalue weighted by Gasteiger charge is 2.21. The van der Waals surface area contributed by atoms with Crippen LogP contribution in [-0.4, -0.2) is 29.2 Å². The van der Waals surface area contributed by atoms with E-state index in [-0.39, 0.29) is 11.9 Å². The van der Waals surface area contributed by atoms with Crippen LogP contribution in [0.4, 0.5) is 10.2 Å². The monoisotopic (exact) mass is 287 g/mol. The standard InChI is InChI=1S/C16H18FN3O/c17-15-6-2-1-4-13(15)12-21-14-5-3-9-20(11-14)16-10-18-7-8-19-16/h1-2,4,6-8,10,14H,3,5,9,11-12H2/t14-/m0/s1. The Morgan fingerprint density at radius 1 is 1.29 bits per heavy atom. The fourth-order valence-electron chi connectivity index (χ4n) is 2.56. The summed E-state index contributed by atoms with van der Waals surface area (Å²) < 4.78 is 19.4. The average molecular weight is 287 g/mol. The minimum absolute atomic E-state index is 0.0976. The summed E-state index contributed by atoms with van der Waals surface area (Å²) in [7, 11) is 0. The number of anilines is 1. The van der Waals surface area contributed by atoms with Crippen LogP contribution in [0.1, 0.15) is 18.4 Å². The van der Waals surface area contributed by atoms with E-state index >= 15 is 0 Å². The maximum absolute atomic E-state index is 13.6. The summed E-state index contributed by atoms with van der Waals surface area (Å²) in [6.45, 7) is 2.04. The molecule has 1 saturated heterocycles. The number of halogens is 1. The van der Waals surface area contributed by atoms with Gasteiger partial charge in [-0.15, -0.1) is 0 Å². The molecule has 2 aromatic rings.